The predicted octanol–water partition coefficient (Wildman–Crippen LogP) is 10.9. The molecule has 1 aromatic heterocycles. The van der Waals surface area contributed by atoms with Gasteiger partial charge in [0.1, 0.15) is 0 Å². The number of para-hydroxylation sites is 4. The Labute approximate surface area is 263 Å². The standard InChI is InChI=1S/C43H30N2/c1-5-16-31(17-6-1)43(32-18-7-2-8-19-32)38-26-15-25-37-36-24-13-14-27-40(36)45(42(37)38)41-29-28-35(30-39(41)43)44(33-20-9-3-10-21-33)34-22-11-4-12-23-34/h1-30H. The average Bonchev–Trinajstić information content (AvgIpc) is 3.46. The van der Waals surface area contributed by atoms with Crippen LogP contribution in [0.15, 0.2) is 182 Å². The molecule has 2 heteroatoms. The lowest BCUT2D eigenvalue weighted by molar-refractivity contribution is 0.728. The third-order valence-electron chi connectivity index (χ3n) is 9.42. The molecule has 0 saturated heterocycles. The van der Waals surface area contributed by atoms with Crippen molar-refractivity contribution >= 4 is 38.9 Å². The quantitative estimate of drug-likeness (QED) is 0.198. The summed E-state index contributed by atoms with van der Waals surface area (Å²) < 4.78 is 2.50. The Morgan fingerprint density at radius 2 is 0.933 bits per heavy atom. The zero-order valence-corrected chi connectivity index (χ0v) is 24.7. The SMILES string of the molecule is c1ccc(N(c2ccccc2)c2ccc3c(c2)C(c2ccccc2)(c2ccccc2)c2cccc4c5ccccc5n-3c24)cc1. The molecular formula is C43H30N2. The second kappa shape index (κ2) is 10.1. The van der Waals surface area contributed by atoms with Crippen LogP contribution in [0.2, 0.25) is 0 Å². The first-order chi connectivity index (χ1) is 22.4. The molecule has 0 amide bonds. The largest absolute Gasteiger partial charge is 0.310 e. The molecule has 0 bridgehead atoms. The molecule has 0 spiro atoms. The summed E-state index contributed by atoms with van der Waals surface area (Å²) in [5, 5.41) is 2.56. The summed E-state index contributed by atoms with van der Waals surface area (Å²) in [5.74, 6) is 0. The first-order valence-corrected chi connectivity index (χ1v) is 15.5. The maximum absolute atomic E-state index is 2.50. The third kappa shape index (κ3) is 3.69. The van der Waals surface area contributed by atoms with Crippen LogP contribution >= 0.6 is 0 Å². The highest BCUT2D eigenvalue weighted by Crippen LogP contribution is 2.55. The van der Waals surface area contributed by atoms with Crippen molar-refractivity contribution in [2.75, 3.05) is 4.90 Å². The van der Waals surface area contributed by atoms with Gasteiger partial charge in [-0.1, -0.05) is 133 Å². The van der Waals surface area contributed by atoms with Crippen molar-refractivity contribution in [1.82, 2.24) is 4.57 Å². The molecular weight excluding hydrogens is 544 g/mol. The Morgan fingerprint density at radius 3 is 1.56 bits per heavy atom. The van der Waals surface area contributed by atoms with Gasteiger partial charge in [0, 0.05) is 27.8 Å². The molecule has 212 valence electrons. The summed E-state index contributed by atoms with van der Waals surface area (Å²) in [6.07, 6.45) is 0. The van der Waals surface area contributed by atoms with Gasteiger partial charge < -0.3 is 9.47 Å². The summed E-state index contributed by atoms with van der Waals surface area (Å²) in [6, 6.07) is 66.2. The highest BCUT2D eigenvalue weighted by atomic mass is 15.1. The average molecular weight is 575 g/mol. The second-order valence-corrected chi connectivity index (χ2v) is 11.7. The van der Waals surface area contributed by atoms with Crippen molar-refractivity contribution < 1.29 is 0 Å². The van der Waals surface area contributed by atoms with Crippen molar-refractivity contribution in [3.63, 3.8) is 0 Å². The zero-order chi connectivity index (χ0) is 29.8. The fraction of sp³-hybridized carbons (Fsp3) is 0.0233. The van der Waals surface area contributed by atoms with Crippen molar-refractivity contribution in [2.45, 2.75) is 5.41 Å². The van der Waals surface area contributed by atoms with Gasteiger partial charge in [-0.3, -0.25) is 0 Å². The van der Waals surface area contributed by atoms with Gasteiger partial charge in [0.2, 0.25) is 0 Å². The molecule has 0 radical (unpaired) electrons. The molecule has 2 heterocycles. The van der Waals surface area contributed by atoms with Crippen LogP contribution in [-0.2, 0) is 5.41 Å². The number of aromatic nitrogens is 1. The van der Waals surface area contributed by atoms with Crippen molar-refractivity contribution in [2.24, 2.45) is 0 Å². The molecule has 7 aromatic carbocycles. The van der Waals surface area contributed by atoms with E-state index >= 15 is 0 Å². The number of rotatable bonds is 5. The first-order valence-electron chi connectivity index (χ1n) is 15.5. The molecule has 1 aliphatic rings. The van der Waals surface area contributed by atoms with Crippen LogP contribution in [0.25, 0.3) is 27.5 Å². The number of hydrogen-bond donors (Lipinski definition) is 0. The summed E-state index contributed by atoms with van der Waals surface area (Å²) in [5.41, 5.74) is 11.6. The van der Waals surface area contributed by atoms with Gasteiger partial charge in [-0.05, 0) is 70.8 Å². The normalized spacial score (nSPS) is 13.1. The molecule has 0 saturated carbocycles. The lowest BCUT2D eigenvalue weighted by Crippen LogP contribution is -2.35. The van der Waals surface area contributed by atoms with Crippen LogP contribution < -0.4 is 4.90 Å². The monoisotopic (exact) mass is 574 g/mol. The smallest absolute Gasteiger partial charge is 0.0743 e. The van der Waals surface area contributed by atoms with Gasteiger partial charge in [0.05, 0.1) is 22.1 Å². The molecule has 0 aliphatic carbocycles. The number of hydrogen-bond acceptors (Lipinski definition) is 1. The summed E-state index contributed by atoms with van der Waals surface area (Å²) in [6.45, 7) is 0. The number of nitrogens with zero attached hydrogens (tertiary/aromatic N) is 2. The van der Waals surface area contributed by atoms with E-state index in [0.717, 1.165) is 17.1 Å². The van der Waals surface area contributed by atoms with Gasteiger partial charge in [-0.25, -0.2) is 0 Å². The maximum atomic E-state index is 2.50. The Balaban J connectivity index is 1.46. The maximum Gasteiger partial charge on any atom is 0.0743 e. The van der Waals surface area contributed by atoms with E-state index in [2.05, 4.69) is 191 Å². The molecule has 2 nitrogen and oxygen atoms in total. The summed E-state index contributed by atoms with van der Waals surface area (Å²) >= 11 is 0. The van der Waals surface area contributed by atoms with Gasteiger partial charge >= 0.3 is 0 Å². The van der Waals surface area contributed by atoms with E-state index in [9.17, 15) is 0 Å². The molecule has 9 rings (SSSR count). The molecule has 0 N–H and O–H groups in total. The van der Waals surface area contributed by atoms with Crippen LogP contribution in [-0.4, -0.2) is 4.57 Å². The van der Waals surface area contributed by atoms with Gasteiger partial charge in [-0.15, -0.1) is 0 Å². The van der Waals surface area contributed by atoms with Crippen LogP contribution in [0.1, 0.15) is 22.3 Å². The zero-order valence-electron chi connectivity index (χ0n) is 24.7. The Morgan fingerprint density at radius 1 is 0.400 bits per heavy atom. The minimum atomic E-state index is -0.545. The Kier molecular flexibility index (Phi) is 5.76. The van der Waals surface area contributed by atoms with Crippen molar-refractivity contribution in [3.05, 3.63) is 204 Å². The number of benzene rings is 7. The van der Waals surface area contributed by atoms with Gasteiger partial charge in [-0.2, -0.15) is 0 Å². The predicted molar refractivity (Wildman–Crippen MR) is 187 cm³/mol. The lowest BCUT2D eigenvalue weighted by Gasteiger charge is -2.42. The second-order valence-electron chi connectivity index (χ2n) is 11.7. The van der Waals surface area contributed by atoms with E-state index in [0.29, 0.717) is 0 Å². The van der Waals surface area contributed by atoms with Crippen LogP contribution in [0.4, 0.5) is 17.1 Å². The van der Waals surface area contributed by atoms with E-state index in [-0.39, 0.29) is 0 Å². The number of anilines is 3. The summed E-state index contributed by atoms with van der Waals surface area (Å²) in [7, 11) is 0. The fourth-order valence-electron chi connectivity index (χ4n) is 7.64. The first kappa shape index (κ1) is 25.6. The lowest BCUT2D eigenvalue weighted by atomic mass is 9.63. The minimum Gasteiger partial charge on any atom is -0.310 e. The fourth-order valence-corrected chi connectivity index (χ4v) is 7.64. The van der Waals surface area contributed by atoms with E-state index < -0.39 is 5.41 Å². The highest BCUT2D eigenvalue weighted by molar-refractivity contribution is 6.12. The van der Waals surface area contributed by atoms with Crippen molar-refractivity contribution in [3.8, 4) is 5.69 Å². The van der Waals surface area contributed by atoms with Crippen LogP contribution in [0.5, 0.6) is 0 Å². The molecule has 0 unspecified atom stereocenters. The molecule has 0 fully saturated rings. The van der Waals surface area contributed by atoms with Crippen LogP contribution in [0, 0.1) is 0 Å². The molecule has 1 aliphatic heterocycles. The Bertz CT molecular complexity index is 2220. The molecule has 45 heavy (non-hydrogen) atoms. The van der Waals surface area contributed by atoms with Gasteiger partial charge in [0.15, 0.2) is 0 Å². The topological polar surface area (TPSA) is 8.17 Å². The number of fused-ring (bicyclic) bond motifs is 5. The van der Waals surface area contributed by atoms with E-state index in [4.69, 9.17) is 0 Å². The van der Waals surface area contributed by atoms with E-state index in [1.165, 1.54) is 49.7 Å². The van der Waals surface area contributed by atoms with Crippen molar-refractivity contribution in [1.29, 1.82) is 0 Å². The third-order valence-corrected chi connectivity index (χ3v) is 9.42. The van der Waals surface area contributed by atoms with E-state index in [1.54, 1.807) is 0 Å². The minimum absolute atomic E-state index is 0.545. The molecule has 0 atom stereocenters. The molecule has 8 aromatic rings. The van der Waals surface area contributed by atoms with Crippen LogP contribution in [0.3, 0.4) is 0 Å². The van der Waals surface area contributed by atoms with E-state index in [1.807, 2.05) is 0 Å². The Hall–Kier alpha value is -5.86. The summed E-state index contributed by atoms with van der Waals surface area (Å²) in [4.78, 5) is 2.37. The van der Waals surface area contributed by atoms with Gasteiger partial charge in [0.25, 0.3) is 0 Å². The highest BCUT2D eigenvalue weighted by Gasteiger charge is 2.45.